The Labute approximate surface area is 122 Å². The maximum absolute atomic E-state index is 10.5. The number of nitrogens with zero attached hydrogens (tertiary/aromatic N) is 2. The lowest BCUT2D eigenvalue weighted by Gasteiger charge is -2.25. The van der Waals surface area contributed by atoms with E-state index in [0.717, 1.165) is 11.3 Å². The van der Waals surface area contributed by atoms with Gasteiger partial charge in [-0.25, -0.2) is 4.79 Å². The van der Waals surface area contributed by atoms with Gasteiger partial charge in [0.2, 0.25) is 5.90 Å². The van der Waals surface area contributed by atoms with Gasteiger partial charge < -0.3 is 9.84 Å². The highest BCUT2D eigenvalue weighted by Crippen LogP contribution is 2.25. The highest BCUT2D eigenvalue weighted by Gasteiger charge is 2.17. The number of carboxylic acids is 1. The molecule has 0 amide bonds. The van der Waals surface area contributed by atoms with E-state index in [0.29, 0.717) is 23.9 Å². The summed E-state index contributed by atoms with van der Waals surface area (Å²) in [6.07, 6.45) is 2.44. The molecule has 20 heavy (non-hydrogen) atoms. The molecule has 0 unspecified atom stereocenters. The number of benzene rings is 1. The van der Waals surface area contributed by atoms with Gasteiger partial charge in [-0.15, -0.1) is 5.10 Å². The van der Waals surface area contributed by atoms with Gasteiger partial charge in [-0.1, -0.05) is 23.7 Å². The van der Waals surface area contributed by atoms with Gasteiger partial charge in [0.15, 0.2) is 6.61 Å². The van der Waals surface area contributed by atoms with Crippen LogP contribution in [0.15, 0.2) is 35.4 Å². The van der Waals surface area contributed by atoms with Crippen LogP contribution in [-0.4, -0.2) is 35.1 Å². The van der Waals surface area contributed by atoms with E-state index in [1.165, 1.54) is 0 Å². The Morgan fingerprint density at radius 2 is 2.15 bits per heavy atom. The van der Waals surface area contributed by atoms with Gasteiger partial charge in [0, 0.05) is 18.0 Å². The van der Waals surface area contributed by atoms with Crippen molar-refractivity contribution in [1.29, 1.82) is 0 Å². The standard InChI is InChI=1S/C14H15ClN2O3/c1-2-17-12(10-3-5-11(15)6-4-10)7-8-13(16-17)20-9-14(18)19/h3-7H,2,8-9H2,1H3,(H,18,19). The number of carbonyl (C=O) groups is 1. The molecule has 6 heteroatoms. The van der Waals surface area contributed by atoms with Crippen LogP contribution in [0.4, 0.5) is 0 Å². The van der Waals surface area contributed by atoms with Crippen LogP contribution in [0.25, 0.3) is 5.70 Å². The van der Waals surface area contributed by atoms with Crippen LogP contribution in [0, 0.1) is 0 Å². The lowest BCUT2D eigenvalue weighted by molar-refractivity contribution is -0.139. The van der Waals surface area contributed by atoms with Crippen molar-refractivity contribution in [1.82, 2.24) is 5.01 Å². The summed E-state index contributed by atoms with van der Waals surface area (Å²) in [6, 6.07) is 7.50. The molecule has 0 saturated carbocycles. The monoisotopic (exact) mass is 294 g/mol. The molecule has 0 bridgehead atoms. The molecule has 5 nitrogen and oxygen atoms in total. The number of ether oxygens (including phenoxy) is 1. The highest BCUT2D eigenvalue weighted by atomic mass is 35.5. The average Bonchev–Trinajstić information content (AvgIpc) is 2.45. The molecule has 1 N–H and O–H groups in total. The number of halogens is 1. The van der Waals surface area contributed by atoms with Crippen molar-refractivity contribution in [2.24, 2.45) is 5.10 Å². The number of carboxylic acid groups (broad SMARTS) is 1. The minimum absolute atomic E-state index is 0.374. The van der Waals surface area contributed by atoms with Gasteiger partial charge in [-0.05, 0) is 30.7 Å². The normalized spacial score (nSPS) is 14.6. The Morgan fingerprint density at radius 1 is 1.45 bits per heavy atom. The number of rotatable bonds is 4. The number of aliphatic carboxylic acids is 1. The van der Waals surface area contributed by atoms with Gasteiger partial charge in [0.1, 0.15) is 0 Å². The van der Waals surface area contributed by atoms with E-state index in [1.54, 1.807) is 5.01 Å². The third-order valence-electron chi connectivity index (χ3n) is 2.78. The van der Waals surface area contributed by atoms with Crippen LogP contribution in [0.1, 0.15) is 18.9 Å². The van der Waals surface area contributed by atoms with Gasteiger partial charge in [-0.2, -0.15) is 0 Å². The van der Waals surface area contributed by atoms with Crippen molar-refractivity contribution in [3.8, 4) is 0 Å². The number of hydrazone groups is 1. The second kappa shape index (κ2) is 6.43. The summed E-state index contributed by atoms with van der Waals surface area (Å²) < 4.78 is 5.12. The maximum Gasteiger partial charge on any atom is 0.341 e. The molecule has 0 saturated heterocycles. The summed E-state index contributed by atoms with van der Waals surface area (Å²) in [7, 11) is 0. The number of hydrogen-bond acceptors (Lipinski definition) is 4. The van der Waals surface area contributed by atoms with Crippen molar-refractivity contribution in [2.75, 3.05) is 13.2 Å². The van der Waals surface area contributed by atoms with E-state index in [1.807, 2.05) is 37.3 Å². The summed E-state index contributed by atoms with van der Waals surface area (Å²) >= 11 is 5.88. The molecular weight excluding hydrogens is 280 g/mol. The van der Waals surface area contributed by atoms with E-state index < -0.39 is 5.97 Å². The Kier molecular flexibility index (Phi) is 4.63. The Bertz CT molecular complexity index is 552. The maximum atomic E-state index is 10.5. The lowest BCUT2D eigenvalue weighted by atomic mass is 10.1. The van der Waals surface area contributed by atoms with E-state index in [9.17, 15) is 4.79 Å². The van der Waals surface area contributed by atoms with Crippen LogP contribution in [0.3, 0.4) is 0 Å². The quantitative estimate of drug-likeness (QED) is 0.927. The molecule has 0 fully saturated rings. The predicted octanol–water partition coefficient (Wildman–Crippen LogP) is 2.82. The predicted molar refractivity (Wildman–Crippen MR) is 77.4 cm³/mol. The second-order valence-electron chi connectivity index (χ2n) is 4.19. The third kappa shape index (κ3) is 3.51. The molecule has 0 aliphatic carbocycles. The first-order valence-electron chi connectivity index (χ1n) is 6.26. The summed E-state index contributed by atoms with van der Waals surface area (Å²) in [5.74, 6) is -0.602. The summed E-state index contributed by atoms with van der Waals surface area (Å²) in [4.78, 5) is 10.5. The fourth-order valence-electron chi connectivity index (χ4n) is 1.88. The zero-order valence-corrected chi connectivity index (χ0v) is 11.8. The average molecular weight is 295 g/mol. The molecule has 1 aliphatic heterocycles. The minimum atomic E-state index is -1.01. The molecule has 1 heterocycles. The molecule has 0 aromatic heterocycles. The smallest absolute Gasteiger partial charge is 0.341 e. The zero-order chi connectivity index (χ0) is 14.5. The second-order valence-corrected chi connectivity index (χ2v) is 4.63. The Balaban J connectivity index is 2.13. The minimum Gasteiger partial charge on any atom is -0.479 e. The van der Waals surface area contributed by atoms with Crippen molar-refractivity contribution in [3.05, 3.63) is 40.9 Å². The van der Waals surface area contributed by atoms with Crippen LogP contribution in [0.2, 0.25) is 5.02 Å². The molecule has 1 aliphatic rings. The van der Waals surface area contributed by atoms with Crippen molar-refractivity contribution < 1.29 is 14.6 Å². The Hall–Kier alpha value is -2.01. The van der Waals surface area contributed by atoms with Crippen LogP contribution < -0.4 is 0 Å². The molecule has 0 atom stereocenters. The van der Waals surface area contributed by atoms with E-state index in [-0.39, 0.29) is 6.61 Å². The fourth-order valence-corrected chi connectivity index (χ4v) is 2.01. The molecule has 2 rings (SSSR count). The van der Waals surface area contributed by atoms with Crippen LogP contribution in [0.5, 0.6) is 0 Å². The van der Waals surface area contributed by atoms with Crippen molar-refractivity contribution in [3.63, 3.8) is 0 Å². The fraction of sp³-hybridized carbons (Fsp3) is 0.286. The van der Waals surface area contributed by atoms with E-state index >= 15 is 0 Å². The number of hydrogen-bond donors (Lipinski definition) is 1. The molecule has 106 valence electrons. The summed E-state index contributed by atoms with van der Waals surface area (Å²) in [5, 5.41) is 15.4. The van der Waals surface area contributed by atoms with Gasteiger partial charge in [0.05, 0.1) is 5.70 Å². The molecule has 1 aromatic rings. The van der Waals surface area contributed by atoms with Crippen molar-refractivity contribution in [2.45, 2.75) is 13.3 Å². The van der Waals surface area contributed by atoms with Crippen LogP contribution >= 0.6 is 11.6 Å². The van der Waals surface area contributed by atoms with E-state index in [2.05, 4.69) is 5.10 Å². The first-order chi connectivity index (χ1) is 9.60. The first-order valence-corrected chi connectivity index (χ1v) is 6.63. The first kappa shape index (κ1) is 14.4. The molecule has 0 radical (unpaired) electrons. The van der Waals surface area contributed by atoms with Gasteiger partial charge >= 0.3 is 5.97 Å². The summed E-state index contributed by atoms with van der Waals surface area (Å²) in [6.45, 7) is 2.25. The molecule has 1 aromatic carbocycles. The Morgan fingerprint density at radius 3 is 2.75 bits per heavy atom. The van der Waals surface area contributed by atoms with Gasteiger partial charge in [-0.3, -0.25) is 5.01 Å². The molecule has 0 spiro atoms. The third-order valence-corrected chi connectivity index (χ3v) is 3.03. The largest absolute Gasteiger partial charge is 0.479 e. The molecular formula is C14H15ClN2O3. The lowest BCUT2D eigenvalue weighted by Crippen LogP contribution is -2.24. The summed E-state index contributed by atoms with van der Waals surface area (Å²) in [5.41, 5.74) is 1.98. The van der Waals surface area contributed by atoms with Gasteiger partial charge in [0.25, 0.3) is 0 Å². The van der Waals surface area contributed by atoms with Crippen molar-refractivity contribution >= 4 is 29.2 Å². The van der Waals surface area contributed by atoms with E-state index in [4.69, 9.17) is 21.4 Å². The topological polar surface area (TPSA) is 62.1 Å². The zero-order valence-electron chi connectivity index (χ0n) is 11.0. The SMILES string of the molecule is CCN1N=C(OCC(=O)O)CC=C1c1ccc(Cl)cc1. The highest BCUT2D eigenvalue weighted by molar-refractivity contribution is 6.30. The van der Waals surface area contributed by atoms with Crippen LogP contribution in [-0.2, 0) is 9.53 Å².